The topological polar surface area (TPSA) is 84.5 Å². The molecule has 0 saturated carbocycles. The Bertz CT molecular complexity index is 630. The van der Waals surface area contributed by atoms with Gasteiger partial charge in [-0.3, -0.25) is 4.99 Å². The van der Waals surface area contributed by atoms with E-state index in [9.17, 15) is 8.42 Å². The lowest BCUT2D eigenvalue weighted by Crippen LogP contribution is -2.24. The Labute approximate surface area is 149 Å². The molecular weight excluding hydrogens is 413 g/mol. The highest BCUT2D eigenvalue weighted by Crippen LogP contribution is 2.27. The second kappa shape index (κ2) is 8.71. The monoisotopic (exact) mass is 437 g/mol. The van der Waals surface area contributed by atoms with Crippen LogP contribution in [0.5, 0.6) is 0 Å². The van der Waals surface area contributed by atoms with Crippen LogP contribution in [0.4, 0.5) is 5.69 Å². The summed E-state index contributed by atoms with van der Waals surface area (Å²) in [5.41, 5.74) is 9.62. The van der Waals surface area contributed by atoms with E-state index in [4.69, 9.17) is 5.73 Å². The van der Waals surface area contributed by atoms with Crippen molar-refractivity contribution < 1.29 is 8.42 Å². The number of benzene rings is 1. The number of nitrogens with zero attached hydrogens (tertiary/aromatic N) is 1. The summed E-state index contributed by atoms with van der Waals surface area (Å²) in [6.07, 6.45) is 6.36. The number of sulfone groups is 1. The third kappa shape index (κ3) is 6.12. The molecule has 0 bridgehead atoms. The number of anilines is 1. The van der Waals surface area contributed by atoms with Crippen LogP contribution in [0.2, 0.25) is 0 Å². The minimum absolute atomic E-state index is 0. The van der Waals surface area contributed by atoms with Gasteiger partial charge in [-0.25, -0.2) is 8.42 Å². The molecule has 124 valence electrons. The van der Waals surface area contributed by atoms with E-state index >= 15 is 0 Å². The molecule has 0 aliphatic heterocycles. The number of hydrogen-bond donors (Lipinski definition) is 2. The van der Waals surface area contributed by atoms with Crippen LogP contribution in [0.25, 0.3) is 0 Å². The molecule has 0 fully saturated rings. The Kier molecular flexibility index (Phi) is 7.61. The fourth-order valence-corrected chi connectivity index (χ4v) is 3.26. The Morgan fingerprint density at radius 3 is 2.77 bits per heavy atom. The van der Waals surface area contributed by atoms with Gasteiger partial charge in [-0.1, -0.05) is 12.1 Å². The van der Waals surface area contributed by atoms with Crippen molar-refractivity contribution in [2.24, 2.45) is 10.7 Å². The molecule has 0 unspecified atom stereocenters. The number of halogens is 1. The zero-order valence-electron chi connectivity index (χ0n) is 12.8. The maximum atomic E-state index is 11.0. The van der Waals surface area contributed by atoms with Crippen molar-refractivity contribution in [3.63, 3.8) is 0 Å². The van der Waals surface area contributed by atoms with Gasteiger partial charge in [0, 0.05) is 18.5 Å². The Balaban J connectivity index is 0.00000242. The molecule has 0 amide bonds. The first-order valence-corrected chi connectivity index (χ1v) is 9.37. The summed E-state index contributed by atoms with van der Waals surface area (Å²) in [6.45, 7) is 0.418. The third-order valence-corrected chi connectivity index (χ3v) is 4.64. The van der Waals surface area contributed by atoms with E-state index in [2.05, 4.69) is 16.4 Å². The fraction of sp³-hybridized carbons (Fsp3) is 0.533. The highest BCUT2D eigenvalue weighted by atomic mass is 127. The van der Waals surface area contributed by atoms with E-state index in [0.29, 0.717) is 18.9 Å². The standard InChI is InChI=1S/C15H23N3O2S.HI/c1-21(19,20)11-5-10-17-15(16)18-14-9-4-7-12-6-2-3-8-13(12)14;/h4,7,9H,2-3,5-6,8,10-11H2,1H3,(H3,16,17,18);1H. The van der Waals surface area contributed by atoms with Gasteiger partial charge in [-0.2, -0.15) is 0 Å². The molecule has 1 aliphatic rings. The van der Waals surface area contributed by atoms with Gasteiger partial charge in [0.25, 0.3) is 0 Å². The molecule has 22 heavy (non-hydrogen) atoms. The molecule has 2 rings (SSSR count). The van der Waals surface area contributed by atoms with Crippen LogP contribution in [0.15, 0.2) is 23.2 Å². The average molecular weight is 437 g/mol. The minimum Gasteiger partial charge on any atom is -0.370 e. The lowest BCUT2D eigenvalue weighted by molar-refractivity contribution is 0.599. The summed E-state index contributed by atoms with van der Waals surface area (Å²) in [6, 6.07) is 6.21. The van der Waals surface area contributed by atoms with Gasteiger partial charge in [0.1, 0.15) is 9.84 Å². The highest BCUT2D eigenvalue weighted by Gasteiger charge is 2.13. The Hall–Kier alpha value is -0.830. The summed E-state index contributed by atoms with van der Waals surface area (Å²) in [7, 11) is -2.92. The molecule has 0 heterocycles. The number of hydrogen-bond acceptors (Lipinski definition) is 3. The Morgan fingerprint density at radius 1 is 1.32 bits per heavy atom. The van der Waals surface area contributed by atoms with Crippen LogP contribution in [0, 0.1) is 0 Å². The van der Waals surface area contributed by atoms with Crippen molar-refractivity contribution in [3.8, 4) is 0 Å². The SMILES string of the molecule is CS(=O)(=O)CCCN=C(N)Nc1cccc2c1CCCC2.I. The zero-order chi connectivity index (χ0) is 15.3. The van der Waals surface area contributed by atoms with Gasteiger partial charge in [-0.05, 0) is 49.3 Å². The van der Waals surface area contributed by atoms with E-state index in [1.165, 1.54) is 30.2 Å². The van der Waals surface area contributed by atoms with Crippen molar-refractivity contribution in [1.29, 1.82) is 0 Å². The van der Waals surface area contributed by atoms with Gasteiger partial charge in [0.05, 0.1) is 5.75 Å². The molecule has 0 atom stereocenters. The number of rotatable bonds is 5. The summed E-state index contributed by atoms with van der Waals surface area (Å²) in [4.78, 5) is 4.19. The van der Waals surface area contributed by atoms with Crippen molar-refractivity contribution in [2.45, 2.75) is 32.1 Å². The maximum Gasteiger partial charge on any atom is 0.193 e. The van der Waals surface area contributed by atoms with Gasteiger partial charge >= 0.3 is 0 Å². The number of aliphatic imine (C=N–C) groups is 1. The summed E-state index contributed by atoms with van der Waals surface area (Å²) in [5, 5.41) is 3.15. The van der Waals surface area contributed by atoms with Crippen molar-refractivity contribution in [1.82, 2.24) is 0 Å². The summed E-state index contributed by atoms with van der Waals surface area (Å²) < 4.78 is 22.1. The predicted octanol–water partition coefficient (Wildman–Crippen LogP) is 2.34. The lowest BCUT2D eigenvalue weighted by Gasteiger charge is -2.19. The number of nitrogens with one attached hydrogen (secondary N) is 1. The fourth-order valence-electron chi connectivity index (χ4n) is 2.60. The summed E-state index contributed by atoms with van der Waals surface area (Å²) in [5.74, 6) is 0.493. The van der Waals surface area contributed by atoms with Crippen LogP contribution < -0.4 is 11.1 Å². The van der Waals surface area contributed by atoms with E-state index < -0.39 is 9.84 Å². The second-order valence-corrected chi connectivity index (χ2v) is 7.79. The molecule has 0 saturated heterocycles. The highest BCUT2D eigenvalue weighted by molar-refractivity contribution is 14.0. The molecular formula is C15H24IN3O2S. The molecule has 7 heteroatoms. The van der Waals surface area contributed by atoms with Gasteiger partial charge in [-0.15, -0.1) is 24.0 Å². The molecule has 1 aromatic carbocycles. The van der Waals surface area contributed by atoms with E-state index in [1.54, 1.807) is 0 Å². The lowest BCUT2D eigenvalue weighted by atomic mass is 9.90. The number of fused-ring (bicyclic) bond motifs is 1. The molecule has 5 nitrogen and oxygen atoms in total. The van der Waals surface area contributed by atoms with Gasteiger partial charge < -0.3 is 11.1 Å². The van der Waals surface area contributed by atoms with Crippen LogP contribution in [0.1, 0.15) is 30.4 Å². The molecule has 0 spiro atoms. The number of nitrogens with two attached hydrogens (primary N) is 1. The molecule has 3 N–H and O–H groups in total. The average Bonchev–Trinajstić information content (AvgIpc) is 2.43. The van der Waals surface area contributed by atoms with Crippen LogP contribution in [-0.4, -0.2) is 32.9 Å². The number of guanidine groups is 1. The largest absolute Gasteiger partial charge is 0.370 e. The predicted molar refractivity (Wildman–Crippen MR) is 103 cm³/mol. The van der Waals surface area contributed by atoms with Crippen molar-refractivity contribution >= 4 is 45.5 Å². The van der Waals surface area contributed by atoms with Crippen molar-refractivity contribution in [3.05, 3.63) is 29.3 Å². The Morgan fingerprint density at radius 2 is 2.05 bits per heavy atom. The smallest absolute Gasteiger partial charge is 0.193 e. The molecule has 1 aromatic rings. The van der Waals surface area contributed by atoms with Gasteiger partial charge in [0.15, 0.2) is 5.96 Å². The molecule has 0 radical (unpaired) electrons. The van der Waals surface area contributed by atoms with Gasteiger partial charge in [0.2, 0.25) is 0 Å². The van der Waals surface area contributed by atoms with Crippen molar-refractivity contribution in [2.75, 3.05) is 23.9 Å². The first-order valence-electron chi connectivity index (χ1n) is 7.31. The third-order valence-electron chi connectivity index (χ3n) is 3.61. The molecule has 1 aliphatic carbocycles. The zero-order valence-corrected chi connectivity index (χ0v) is 16.0. The number of aryl methyl sites for hydroxylation is 1. The summed E-state index contributed by atoms with van der Waals surface area (Å²) >= 11 is 0. The normalized spacial score (nSPS) is 14.9. The second-order valence-electron chi connectivity index (χ2n) is 5.53. The van der Waals surface area contributed by atoms with Crippen LogP contribution in [0.3, 0.4) is 0 Å². The minimum atomic E-state index is -2.92. The van der Waals surface area contributed by atoms with E-state index in [1.807, 2.05) is 12.1 Å². The van der Waals surface area contributed by atoms with Crippen LogP contribution in [-0.2, 0) is 22.7 Å². The quantitative estimate of drug-likeness (QED) is 0.321. The van der Waals surface area contributed by atoms with E-state index in [-0.39, 0.29) is 29.7 Å². The first-order chi connectivity index (χ1) is 9.96. The first kappa shape index (κ1) is 19.2. The van der Waals surface area contributed by atoms with Crippen LogP contribution >= 0.6 is 24.0 Å². The molecule has 0 aromatic heterocycles. The van der Waals surface area contributed by atoms with E-state index in [0.717, 1.165) is 18.5 Å². The maximum absolute atomic E-state index is 11.0.